The SMILES string of the molecule is CC(=O)O[C@H]1C(=O)[C@]2(C)[C@@H](O)C[C@@H]3OC[C@@]3(OC(C)=O)[C@@H]2[C@H](OCc2ccccc2)[C@]2(O)C[C@H](O)C(C)=C1C2(C)C. The Balaban J connectivity index is 1.81. The lowest BCUT2D eigenvalue weighted by Gasteiger charge is -2.67. The maximum absolute atomic E-state index is 14.8. The monoisotopic (exact) mass is 572 g/mol. The number of carbonyl (C=O) groups is 3. The van der Waals surface area contributed by atoms with Gasteiger partial charge in [-0.3, -0.25) is 14.4 Å². The summed E-state index contributed by atoms with van der Waals surface area (Å²) in [6.45, 7) is 9.06. The molecule has 0 unspecified atom stereocenters. The molecule has 0 amide bonds. The Morgan fingerprint density at radius 2 is 1.73 bits per heavy atom. The molecule has 3 fully saturated rings. The van der Waals surface area contributed by atoms with Gasteiger partial charge in [-0.1, -0.05) is 44.2 Å². The van der Waals surface area contributed by atoms with E-state index in [1.54, 1.807) is 27.7 Å². The molecular formula is C31H40O10. The van der Waals surface area contributed by atoms with Crippen molar-refractivity contribution in [2.75, 3.05) is 6.61 Å². The number of ketones is 1. The van der Waals surface area contributed by atoms with Gasteiger partial charge < -0.3 is 34.3 Å². The molecule has 0 spiro atoms. The van der Waals surface area contributed by atoms with Crippen molar-refractivity contribution in [1.29, 1.82) is 0 Å². The van der Waals surface area contributed by atoms with Gasteiger partial charge in [0.05, 0.1) is 36.9 Å². The van der Waals surface area contributed by atoms with E-state index in [4.69, 9.17) is 18.9 Å². The summed E-state index contributed by atoms with van der Waals surface area (Å²) in [5, 5.41) is 35.9. The van der Waals surface area contributed by atoms with Crippen LogP contribution in [0, 0.1) is 16.7 Å². The Hall–Kier alpha value is -2.63. The standard InChI is InChI=1S/C31H40O10/c1-16-20(34)13-31(37)27(38-14-19-10-8-7-9-11-19)25-29(6,21(35)12-22-30(25,15-39-22)41-18(3)33)26(36)24(40-17(2)32)23(16)28(31,4)5/h7-11,20-22,24-25,27,34-35,37H,12-15H2,1-6H3/t20-,21-,22-,24+,25+,27-,29+,30-,31+/m0/s1. The number of rotatable bonds is 5. The molecule has 5 rings (SSSR count). The summed E-state index contributed by atoms with van der Waals surface area (Å²) >= 11 is 0. The van der Waals surface area contributed by atoms with Crippen LogP contribution in [0.3, 0.4) is 0 Å². The lowest BCUT2D eigenvalue weighted by atomic mass is 9.44. The van der Waals surface area contributed by atoms with Crippen LogP contribution in [0.5, 0.6) is 0 Å². The van der Waals surface area contributed by atoms with Gasteiger partial charge in [-0.05, 0) is 30.6 Å². The van der Waals surface area contributed by atoms with E-state index < -0.39 is 76.2 Å². The minimum atomic E-state index is -1.87. The molecule has 1 saturated heterocycles. The van der Waals surface area contributed by atoms with Crippen molar-refractivity contribution in [3.05, 3.63) is 47.0 Å². The second-order valence-corrected chi connectivity index (χ2v) is 12.8. The zero-order chi connectivity index (χ0) is 30.1. The molecule has 9 atom stereocenters. The maximum atomic E-state index is 14.8. The molecule has 3 N–H and O–H groups in total. The molecule has 1 aromatic carbocycles. The average molecular weight is 573 g/mol. The van der Waals surface area contributed by atoms with Gasteiger partial charge in [-0.25, -0.2) is 0 Å². The Bertz CT molecular complexity index is 1270. The molecule has 0 aromatic heterocycles. The highest BCUT2D eigenvalue weighted by Gasteiger charge is 2.77. The fourth-order valence-corrected chi connectivity index (χ4v) is 7.98. The highest BCUT2D eigenvalue weighted by atomic mass is 16.6. The molecule has 10 nitrogen and oxygen atoms in total. The number of hydrogen-bond donors (Lipinski definition) is 3. The normalized spacial score (nSPS) is 41.2. The van der Waals surface area contributed by atoms with Gasteiger partial charge in [-0.15, -0.1) is 0 Å². The van der Waals surface area contributed by atoms with Gasteiger partial charge in [0.1, 0.15) is 11.7 Å². The van der Waals surface area contributed by atoms with Crippen molar-refractivity contribution in [2.24, 2.45) is 16.7 Å². The van der Waals surface area contributed by atoms with E-state index in [0.29, 0.717) is 5.57 Å². The van der Waals surface area contributed by atoms with Gasteiger partial charge in [0.25, 0.3) is 0 Å². The first kappa shape index (κ1) is 29.8. The van der Waals surface area contributed by atoms with Crippen LogP contribution in [0.25, 0.3) is 0 Å². The number of aliphatic hydroxyl groups is 3. The van der Waals surface area contributed by atoms with E-state index >= 15 is 0 Å². The summed E-state index contributed by atoms with van der Waals surface area (Å²) in [7, 11) is 0. The first-order valence-electron chi connectivity index (χ1n) is 14.1. The number of benzene rings is 1. The Morgan fingerprint density at radius 3 is 2.29 bits per heavy atom. The highest BCUT2D eigenvalue weighted by molar-refractivity contribution is 5.95. The number of carbonyl (C=O) groups excluding carboxylic acids is 3. The molecule has 10 heteroatoms. The molecule has 1 heterocycles. The van der Waals surface area contributed by atoms with Crippen LogP contribution >= 0.6 is 0 Å². The zero-order valence-corrected chi connectivity index (χ0v) is 24.4. The summed E-state index contributed by atoms with van der Waals surface area (Å²) in [5.74, 6) is -3.09. The van der Waals surface area contributed by atoms with Gasteiger partial charge in [0.15, 0.2) is 17.5 Å². The molecule has 0 radical (unpaired) electrons. The average Bonchev–Trinajstić information content (AvgIpc) is 2.88. The number of hydrogen-bond acceptors (Lipinski definition) is 10. The molecule has 2 saturated carbocycles. The number of aliphatic hydroxyl groups excluding tert-OH is 2. The van der Waals surface area contributed by atoms with Crippen molar-refractivity contribution in [3.63, 3.8) is 0 Å². The van der Waals surface area contributed by atoms with Crippen molar-refractivity contribution >= 4 is 17.7 Å². The fraction of sp³-hybridized carbons (Fsp3) is 0.645. The van der Waals surface area contributed by atoms with E-state index in [-0.39, 0.29) is 31.6 Å². The molecular weight excluding hydrogens is 532 g/mol. The number of esters is 2. The largest absolute Gasteiger partial charge is 0.454 e. The van der Waals surface area contributed by atoms with Gasteiger partial charge in [0, 0.05) is 38.0 Å². The van der Waals surface area contributed by atoms with E-state index in [9.17, 15) is 29.7 Å². The molecule has 2 bridgehead atoms. The second-order valence-electron chi connectivity index (χ2n) is 12.8. The Morgan fingerprint density at radius 1 is 1.07 bits per heavy atom. The van der Waals surface area contributed by atoms with Crippen LogP contribution < -0.4 is 0 Å². The lowest BCUT2D eigenvalue weighted by molar-refractivity contribution is -0.351. The summed E-state index contributed by atoms with van der Waals surface area (Å²) < 4.78 is 24.1. The van der Waals surface area contributed by atoms with Crippen LogP contribution in [0.4, 0.5) is 0 Å². The highest BCUT2D eigenvalue weighted by Crippen LogP contribution is 2.64. The van der Waals surface area contributed by atoms with Gasteiger partial charge >= 0.3 is 11.9 Å². The van der Waals surface area contributed by atoms with Gasteiger partial charge in [-0.2, -0.15) is 0 Å². The molecule has 3 aliphatic carbocycles. The first-order chi connectivity index (χ1) is 19.1. The molecule has 1 aromatic rings. The van der Waals surface area contributed by atoms with Crippen LogP contribution in [-0.4, -0.2) is 81.4 Å². The second kappa shape index (κ2) is 9.98. The van der Waals surface area contributed by atoms with Crippen molar-refractivity contribution in [2.45, 2.75) is 103 Å². The third-order valence-corrected chi connectivity index (χ3v) is 10.2. The summed E-state index contributed by atoms with van der Waals surface area (Å²) in [5.41, 5.74) is -4.80. The van der Waals surface area contributed by atoms with E-state index in [0.717, 1.165) is 5.56 Å². The van der Waals surface area contributed by atoms with Crippen LogP contribution in [0.1, 0.15) is 59.9 Å². The summed E-state index contributed by atoms with van der Waals surface area (Å²) in [4.78, 5) is 39.8. The topological polar surface area (TPSA) is 149 Å². The quantitative estimate of drug-likeness (QED) is 0.353. The van der Waals surface area contributed by atoms with Crippen LogP contribution in [0.2, 0.25) is 0 Å². The predicted octanol–water partition coefficient (Wildman–Crippen LogP) is 2.01. The first-order valence-corrected chi connectivity index (χ1v) is 14.1. The number of fused-ring (bicyclic) bond motifs is 5. The summed E-state index contributed by atoms with van der Waals surface area (Å²) in [6, 6.07) is 9.28. The predicted molar refractivity (Wildman–Crippen MR) is 144 cm³/mol. The minimum Gasteiger partial charge on any atom is -0.454 e. The molecule has 4 aliphatic rings. The van der Waals surface area contributed by atoms with Gasteiger partial charge in [0.2, 0.25) is 0 Å². The van der Waals surface area contributed by atoms with Crippen LogP contribution in [-0.2, 0) is 39.9 Å². The third kappa shape index (κ3) is 4.21. The van der Waals surface area contributed by atoms with Crippen molar-refractivity contribution < 1.29 is 48.7 Å². The molecule has 41 heavy (non-hydrogen) atoms. The summed E-state index contributed by atoms with van der Waals surface area (Å²) in [6.07, 6.45) is -6.19. The smallest absolute Gasteiger partial charge is 0.303 e. The Labute approximate surface area is 239 Å². The van der Waals surface area contributed by atoms with E-state index in [1.807, 2.05) is 30.3 Å². The zero-order valence-electron chi connectivity index (χ0n) is 24.4. The van der Waals surface area contributed by atoms with Crippen LogP contribution in [0.15, 0.2) is 41.5 Å². The van der Waals surface area contributed by atoms with Crippen molar-refractivity contribution in [3.8, 4) is 0 Å². The van der Waals surface area contributed by atoms with E-state index in [2.05, 4.69) is 0 Å². The maximum Gasteiger partial charge on any atom is 0.303 e. The lowest BCUT2D eigenvalue weighted by Crippen LogP contribution is -2.81. The minimum absolute atomic E-state index is 0.0211. The third-order valence-electron chi connectivity index (χ3n) is 10.2. The Kier molecular flexibility index (Phi) is 7.27. The molecule has 224 valence electrons. The number of Topliss-reactive ketones (excluding diaryl/α,β-unsaturated/α-hetero) is 1. The molecule has 1 aliphatic heterocycles. The van der Waals surface area contributed by atoms with E-state index in [1.165, 1.54) is 13.8 Å². The number of ether oxygens (including phenoxy) is 4. The van der Waals surface area contributed by atoms with Crippen molar-refractivity contribution in [1.82, 2.24) is 0 Å². The fourth-order valence-electron chi connectivity index (χ4n) is 7.98.